The highest BCUT2D eigenvalue weighted by atomic mass is 32.2. The van der Waals surface area contributed by atoms with Crippen molar-refractivity contribution in [3.63, 3.8) is 0 Å². The molecule has 0 atom stereocenters. The molecule has 0 radical (unpaired) electrons. The van der Waals surface area contributed by atoms with E-state index in [-0.39, 0.29) is 16.1 Å². The van der Waals surface area contributed by atoms with Gasteiger partial charge in [0.25, 0.3) is 0 Å². The lowest BCUT2D eigenvalue weighted by atomic mass is 10.2. The van der Waals surface area contributed by atoms with Crippen LogP contribution in [0.1, 0.15) is 5.56 Å². The molecule has 23 heavy (non-hydrogen) atoms. The van der Waals surface area contributed by atoms with E-state index in [9.17, 15) is 30.4 Å². The number of anilines is 2. The number of hydrogen-bond acceptors (Lipinski definition) is 3. The largest absolute Gasteiger partial charge is 0.349 e. The van der Waals surface area contributed by atoms with Gasteiger partial charge in [-0.1, -0.05) is 12.1 Å². The maximum Gasteiger partial charge on any atom is 0.202 e. The predicted octanol–water partition coefficient (Wildman–Crippen LogP) is 3.88. The number of fused-ring (bicyclic) bond motifs is 1. The number of halogens is 5. The standard InChI is InChI=1S/C14H6F5NO2S/c15-8-9(16)11(18)13(12(19)10(8)17)20-7-3-1-2-6-4-5-23(21,22)14(6)7/h1-5,20H. The second-order valence-electron chi connectivity index (χ2n) is 4.64. The van der Waals surface area contributed by atoms with Gasteiger partial charge in [0.05, 0.1) is 5.69 Å². The van der Waals surface area contributed by atoms with Crippen molar-refractivity contribution >= 4 is 27.3 Å². The summed E-state index contributed by atoms with van der Waals surface area (Å²) >= 11 is 0. The first-order valence-corrected chi connectivity index (χ1v) is 7.63. The fourth-order valence-electron chi connectivity index (χ4n) is 2.18. The summed E-state index contributed by atoms with van der Waals surface area (Å²) in [6.45, 7) is 0. The van der Waals surface area contributed by atoms with Crippen molar-refractivity contribution in [3.8, 4) is 0 Å². The normalized spacial score (nSPS) is 14.8. The summed E-state index contributed by atoms with van der Waals surface area (Å²) in [6, 6.07) is 3.96. The molecule has 2 aromatic carbocycles. The Balaban J connectivity index is 2.19. The number of sulfone groups is 1. The van der Waals surface area contributed by atoms with Crippen LogP contribution in [-0.2, 0) is 9.84 Å². The van der Waals surface area contributed by atoms with Gasteiger partial charge in [-0.3, -0.25) is 0 Å². The highest BCUT2D eigenvalue weighted by Crippen LogP contribution is 2.37. The van der Waals surface area contributed by atoms with E-state index in [4.69, 9.17) is 0 Å². The van der Waals surface area contributed by atoms with Crippen LogP contribution in [0.5, 0.6) is 0 Å². The van der Waals surface area contributed by atoms with Gasteiger partial charge in [-0.15, -0.1) is 0 Å². The molecule has 1 aliphatic heterocycles. The van der Waals surface area contributed by atoms with Gasteiger partial charge in [0, 0.05) is 5.41 Å². The third-order valence-electron chi connectivity index (χ3n) is 3.23. The minimum atomic E-state index is -3.86. The van der Waals surface area contributed by atoms with Crippen molar-refractivity contribution in [1.29, 1.82) is 0 Å². The quantitative estimate of drug-likeness (QED) is 0.509. The van der Waals surface area contributed by atoms with Crippen LogP contribution in [-0.4, -0.2) is 8.42 Å². The summed E-state index contributed by atoms with van der Waals surface area (Å²) in [4.78, 5) is -0.302. The number of benzene rings is 2. The Morgan fingerprint density at radius 1 is 0.826 bits per heavy atom. The van der Waals surface area contributed by atoms with Crippen molar-refractivity contribution in [2.75, 3.05) is 5.32 Å². The zero-order valence-electron chi connectivity index (χ0n) is 11.0. The Labute approximate surface area is 127 Å². The molecule has 9 heteroatoms. The lowest BCUT2D eigenvalue weighted by Crippen LogP contribution is -2.08. The minimum Gasteiger partial charge on any atom is -0.349 e. The van der Waals surface area contributed by atoms with E-state index in [0.29, 0.717) is 0 Å². The monoisotopic (exact) mass is 347 g/mol. The molecule has 0 amide bonds. The molecule has 0 unspecified atom stereocenters. The fraction of sp³-hybridized carbons (Fsp3) is 0. The predicted molar refractivity (Wildman–Crippen MR) is 72.2 cm³/mol. The maximum absolute atomic E-state index is 13.7. The molecule has 0 fully saturated rings. The fourth-order valence-corrected chi connectivity index (χ4v) is 3.53. The molecule has 1 heterocycles. The molecule has 2 aromatic rings. The van der Waals surface area contributed by atoms with E-state index in [2.05, 4.69) is 0 Å². The highest BCUT2D eigenvalue weighted by Gasteiger charge is 2.29. The number of rotatable bonds is 2. The van der Waals surface area contributed by atoms with Gasteiger partial charge in [-0.25, -0.2) is 30.4 Å². The molecule has 1 aliphatic rings. The van der Waals surface area contributed by atoms with Crippen molar-refractivity contribution in [2.24, 2.45) is 0 Å². The smallest absolute Gasteiger partial charge is 0.202 e. The van der Waals surface area contributed by atoms with Crippen LogP contribution < -0.4 is 5.32 Å². The van der Waals surface area contributed by atoms with E-state index in [1.54, 1.807) is 0 Å². The second-order valence-corrected chi connectivity index (χ2v) is 6.41. The molecule has 0 aromatic heterocycles. The summed E-state index contributed by atoms with van der Waals surface area (Å²) in [7, 11) is -3.86. The van der Waals surface area contributed by atoms with Crippen molar-refractivity contribution in [2.45, 2.75) is 4.90 Å². The Kier molecular flexibility index (Phi) is 3.40. The van der Waals surface area contributed by atoms with Crippen LogP contribution in [0.2, 0.25) is 0 Å². The number of nitrogens with one attached hydrogen (secondary N) is 1. The molecule has 1 N–H and O–H groups in total. The first kappa shape index (κ1) is 15.5. The summed E-state index contributed by atoms with van der Waals surface area (Å²) < 4.78 is 90.6. The average molecular weight is 347 g/mol. The average Bonchev–Trinajstić information content (AvgIpc) is 2.84. The zero-order valence-corrected chi connectivity index (χ0v) is 11.8. The molecular weight excluding hydrogens is 341 g/mol. The topological polar surface area (TPSA) is 46.2 Å². The SMILES string of the molecule is O=S1(=O)C=Cc2cccc(Nc3c(F)c(F)c(F)c(F)c3F)c21. The van der Waals surface area contributed by atoms with Gasteiger partial charge in [-0.2, -0.15) is 0 Å². The molecule has 3 nitrogen and oxygen atoms in total. The summed E-state index contributed by atoms with van der Waals surface area (Å²) in [5.41, 5.74) is -1.38. The van der Waals surface area contributed by atoms with Gasteiger partial charge in [0.15, 0.2) is 23.3 Å². The van der Waals surface area contributed by atoms with Gasteiger partial charge in [0.1, 0.15) is 10.6 Å². The summed E-state index contributed by atoms with van der Waals surface area (Å²) in [5.74, 6) is -10.7. The van der Waals surface area contributed by atoms with E-state index in [1.165, 1.54) is 18.2 Å². The van der Waals surface area contributed by atoms with Crippen LogP contribution in [0.25, 0.3) is 6.08 Å². The van der Waals surface area contributed by atoms with E-state index in [1.807, 2.05) is 5.32 Å². The molecule has 0 aliphatic carbocycles. The van der Waals surface area contributed by atoms with Crippen molar-refractivity contribution < 1.29 is 30.4 Å². The Bertz CT molecular complexity index is 941. The number of hydrogen-bond donors (Lipinski definition) is 1. The maximum atomic E-state index is 13.7. The van der Waals surface area contributed by atoms with Gasteiger partial charge in [0.2, 0.25) is 15.7 Å². The van der Waals surface area contributed by atoms with E-state index >= 15 is 0 Å². The van der Waals surface area contributed by atoms with Crippen LogP contribution in [0, 0.1) is 29.1 Å². The van der Waals surface area contributed by atoms with Crippen LogP contribution >= 0.6 is 0 Å². The molecular formula is C14H6F5NO2S. The lowest BCUT2D eigenvalue weighted by Gasteiger charge is -2.13. The van der Waals surface area contributed by atoms with Crippen molar-refractivity contribution in [1.82, 2.24) is 0 Å². The molecule has 120 valence electrons. The molecule has 0 saturated heterocycles. The van der Waals surface area contributed by atoms with Crippen LogP contribution in [0.4, 0.5) is 33.3 Å². The molecule has 0 bridgehead atoms. The summed E-state index contributed by atoms with van der Waals surface area (Å²) in [6.07, 6.45) is 1.26. The van der Waals surface area contributed by atoms with Crippen LogP contribution in [0.3, 0.4) is 0 Å². The molecule has 0 spiro atoms. The Hall–Kier alpha value is -2.42. The summed E-state index contributed by atoms with van der Waals surface area (Å²) in [5, 5.41) is 2.87. The van der Waals surface area contributed by atoms with Crippen LogP contribution in [0.15, 0.2) is 28.5 Å². The minimum absolute atomic E-state index is 0.235. The third kappa shape index (κ3) is 2.27. The Morgan fingerprint density at radius 3 is 2.00 bits per heavy atom. The first-order chi connectivity index (χ1) is 10.7. The van der Waals surface area contributed by atoms with Crippen molar-refractivity contribution in [3.05, 3.63) is 58.3 Å². The Morgan fingerprint density at radius 2 is 1.39 bits per heavy atom. The van der Waals surface area contributed by atoms with E-state index in [0.717, 1.165) is 11.5 Å². The lowest BCUT2D eigenvalue weighted by molar-refractivity contribution is 0.382. The van der Waals surface area contributed by atoms with Gasteiger partial charge in [-0.05, 0) is 17.7 Å². The zero-order chi connectivity index (χ0) is 16.9. The highest BCUT2D eigenvalue weighted by molar-refractivity contribution is 7.95. The first-order valence-electron chi connectivity index (χ1n) is 6.08. The van der Waals surface area contributed by atoms with Gasteiger partial charge >= 0.3 is 0 Å². The van der Waals surface area contributed by atoms with Gasteiger partial charge < -0.3 is 5.32 Å². The molecule has 3 rings (SSSR count). The molecule has 0 saturated carbocycles. The second kappa shape index (κ2) is 5.05. The van der Waals surface area contributed by atoms with E-state index < -0.39 is 44.6 Å². The third-order valence-corrected chi connectivity index (χ3v) is 4.75.